The third kappa shape index (κ3) is 3.21. The molecule has 0 saturated heterocycles. The van der Waals surface area contributed by atoms with Crippen molar-refractivity contribution in [1.29, 1.82) is 0 Å². The predicted molar refractivity (Wildman–Crippen MR) is 85.9 cm³/mol. The normalized spacial score (nSPS) is 13.1. The largest absolute Gasteiger partial charge is 0.320 e. The van der Waals surface area contributed by atoms with Crippen molar-refractivity contribution in [3.8, 4) is 0 Å². The third-order valence-electron chi connectivity index (χ3n) is 4.82. The van der Waals surface area contributed by atoms with E-state index >= 15 is 0 Å². The first-order valence-corrected chi connectivity index (χ1v) is 7.64. The van der Waals surface area contributed by atoms with Crippen molar-refractivity contribution in [2.75, 3.05) is 25.0 Å². The van der Waals surface area contributed by atoms with Crippen LogP contribution < -0.4 is 5.32 Å². The number of amides is 1. The standard InChI is InChI=1S/C17H28N2O/c1-7-19(8-2,9-3)15(6)17(20)18-16-13(4)11-10-12-14(16)5/h10-12,15H,7-9H2,1-6H3/p+1. The van der Waals surface area contributed by atoms with E-state index in [-0.39, 0.29) is 11.9 Å². The molecule has 112 valence electrons. The van der Waals surface area contributed by atoms with Crippen LogP contribution in [0.3, 0.4) is 0 Å². The molecule has 0 aromatic heterocycles. The van der Waals surface area contributed by atoms with Crippen LogP contribution in [0.4, 0.5) is 5.69 Å². The summed E-state index contributed by atoms with van der Waals surface area (Å²) in [6.07, 6.45) is 0. The van der Waals surface area contributed by atoms with Gasteiger partial charge in [0.2, 0.25) is 0 Å². The highest BCUT2D eigenvalue weighted by molar-refractivity contribution is 5.95. The topological polar surface area (TPSA) is 29.1 Å². The molecule has 3 nitrogen and oxygen atoms in total. The SMILES string of the molecule is CC[N+](CC)(CC)C(C)C(=O)Nc1c(C)cccc1C. The number of quaternary nitrogens is 1. The van der Waals surface area contributed by atoms with Crippen LogP contribution in [-0.2, 0) is 4.79 Å². The zero-order valence-corrected chi connectivity index (χ0v) is 13.8. The number of para-hydroxylation sites is 1. The molecule has 0 aliphatic carbocycles. The molecule has 1 unspecified atom stereocenters. The number of anilines is 1. The summed E-state index contributed by atoms with van der Waals surface area (Å²) in [6.45, 7) is 15.5. The fourth-order valence-corrected chi connectivity index (χ4v) is 2.98. The molecular weight excluding hydrogens is 248 g/mol. The number of hydrogen-bond donors (Lipinski definition) is 1. The van der Waals surface area contributed by atoms with Crippen molar-refractivity contribution in [3.63, 3.8) is 0 Å². The molecule has 20 heavy (non-hydrogen) atoms. The Labute approximate surface area is 123 Å². The van der Waals surface area contributed by atoms with Crippen molar-refractivity contribution in [3.05, 3.63) is 29.3 Å². The Morgan fingerprint density at radius 1 is 1.10 bits per heavy atom. The molecular formula is C17H29N2O+. The maximum Gasteiger partial charge on any atom is 0.282 e. The van der Waals surface area contributed by atoms with Crippen LogP contribution in [0.25, 0.3) is 0 Å². The molecule has 1 aromatic carbocycles. The average Bonchev–Trinajstić information content (AvgIpc) is 2.45. The molecule has 0 radical (unpaired) electrons. The monoisotopic (exact) mass is 277 g/mol. The molecule has 1 amide bonds. The van der Waals surface area contributed by atoms with Crippen LogP contribution >= 0.6 is 0 Å². The van der Waals surface area contributed by atoms with Gasteiger partial charge in [0.15, 0.2) is 6.04 Å². The van der Waals surface area contributed by atoms with E-state index < -0.39 is 0 Å². The van der Waals surface area contributed by atoms with E-state index in [4.69, 9.17) is 0 Å². The number of benzene rings is 1. The molecule has 3 heteroatoms. The Bertz CT molecular complexity index is 436. The van der Waals surface area contributed by atoms with Gasteiger partial charge in [0.25, 0.3) is 5.91 Å². The first kappa shape index (κ1) is 16.7. The van der Waals surface area contributed by atoms with Crippen LogP contribution in [0.2, 0.25) is 0 Å². The Kier molecular flexibility index (Phi) is 5.75. The van der Waals surface area contributed by atoms with Crippen molar-refractivity contribution in [2.24, 2.45) is 0 Å². The second-order valence-corrected chi connectivity index (χ2v) is 5.60. The molecule has 1 aromatic rings. The molecule has 1 atom stereocenters. The van der Waals surface area contributed by atoms with Gasteiger partial charge in [0.05, 0.1) is 19.6 Å². The van der Waals surface area contributed by atoms with Crippen LogP contribution in [0.5, 0.6) is 0 Å². The smallest absolute Gasteiger partial charge is 0.282 e. The van der Waals surface area contributed by atoms with Gasteiger partial charge in [0.1, 0.15) is 0 Å². The lowest BCUT2D eigenvalue weighted by Crippen LogP contribution is -2.58. The van der Waals surface area contributed by atoms with Crippen molar-refractivity contribution < 1.29 is 9.28 Å². The molecule has 0 fully saturated rings. The van der Waals surface area contributed by atoms with Crippen LogP contribution in [0.1, 0.15) is 38.8 Å². The minimum atomic E-state index is -0.0333. The summed E-state index contributed by atoms with van der Waals surface area (Å²) in [5, 5.41) is 3.13. The summed E-state index contributed by atoms with van der Waals surface area (Å²) in [6, 6.07) is 6.06. The van der Waals surface area contributed by atoms with Gasteiger partial charge in [0, 0.05) is 5.69 Å². The van der Waals surface area contributed by atoms with Gasteiger partial charge >= 0.3 is 0 Å². The molecule has 0 aliphatic rings. The number of hydrogen-bond acceptors (Lipinski definition) is 1. The van der Waals surface area contributed by atoms with Gasteiger partial charge < -0.3 is 9.80 Å². The van der Waals surface area contributed by atoms with E-state index in [0.717, 1.165) is 40.9 Å². The summed E-state index contributed by atoms with van der Waals surface area (Å²) in [5.74, 6) is 0.118. The second kappa shape index (κ2) is 6.89. The second-order valence-electron chi connectivity index (χ2n) is 5.60. The van der Waals surface area contributed by atoms with E-state index in [2.05, 4.69) is 26.1 Å². The maximum absolute atomic E-state index is 12.6. The number of likely N-dealkylation sites (N-methyl/N-ethyl adjacent to an activating group) is 1. The number of aryl methyl sites for hydroxylation is 2. The number of carbonyl (C=O) groups is 1. The van der Waals surface area contributed by atoms with Gasteiger partial charge in [-0.3, -0.25) is 4.79 Å². The Hall–Kier alpha value is -1.35. The first-order valence-electron chi connectivity index (χ1n) is 7.64. The summed E-state index contributed by atoms with van der Waals surface area (Å²) in [7, 11) is 0. The molecule has 0 saturated carbocycles. The Morgan fingerprint density at radius 2 is 1.55 bits per heavy atom. The van der Waals surface area contributed by atoms with Gasteiger partial charge in [-0.2, -0.15) is 0 Å². The summed E-state index contributed by atoms with van der Waals surface area (Å²) < 4.78 is 0.830. The zero-order valence-electron chi connectivity index (χ0n) is 13.8. The number of nitrogens with zero attached hydrogens (tertiary/aromatic N) is 1. The molecule has 1 N–H and O–H groups in total. The highest BCUT2D eigenvalue weighted by Crippen LogP contribution is 2.21. The summed E-state index contributed by atoms with van der Waals surface area (Å²) in [5.41, 5.74) is 3.20. The van der Waals surface area contributed by atoms with Gasteiger partial charge in [-0.05, 0) is 52.7 Å². The van der Waals surface area contributed by atoms with E-state index in [1.807, 2.05) is 39.0 Å². The van der Waals surface area contributed by atoms with E-state index in [9.17, 15) is 4.79 Å². The molecule has 1 rings (SSSR count). The quantitative estimate of drug-likeness (QED) is 0.792. The molecule has 0 bridgehead atoms. The van der Waals surface area contributed by atoms with Gasteiger partial charge in [-0.1, -0.05) is 18.2 Å². The lowest BCUT2D eigenvalue weighted by molar-refractivity contribution is -0.936. The number of carbonyl (C=O) groups excluding carboxylic acids is 1. The van der Waals surface area contributed by atoms with Crippen molar-refractivity contribution in [2.45, 2.75) is 47.6 Å². The zero-order chi connectivity index (χ0) is 15.3. The Morgan fingerprint density at radius 3 is 1.95 bits per heavy atom. The number of rotatable bonds is 6. The summed E-state index contributed by atoms with van der Waals surface area (Å²) >= 11 is 0. The third-order valence-corrected chi connectivity index (χ3v) is 4.82. The molecule has 0 spiro atoms. The predicted octanol–water partition coefficient (Wildman–Crippen LogP) is 3.51. The molecule has 0 heterocycles. The minimum absolute atomic E-state index is 0.0333. The maximum atomic E-state index is 12.6. The van der Waals surface area contributed by atoms with Crippen LogP contribution in [0, 0.1) is 13.8 Å². The van der Waals surface area contributed by atoms with Crippen LogP contribution in [0.15, 0.2) is 18.2 Å². The molecule has 0 aliphatic heterocycles. The Balaban J connectivity index is 2.96. The lowest BCUT2D eigenvalue weighted by atomic mass is 10.1. The van der Waals surface area contributed by atoms with Crippen LogP contribution in [-0.4, -0.2) is 36.1 Å². The highest BCUT2D eigenvalue weighted by atomic mass is 16.2. The average molecular weight is 277 g/mol. The van der Waals surface area contributed by atoms with E-state index in [1.54, 1.807) is 0 Å². The minimum Gasteiger partial charge on any atom is -0.320 e. The van der Waals surface area contributed by atoms with Crippen molar-refractivity contribution in [1.82, 2.24) is 0 Å². The lowest BCUT2D eigenvalue weighted by Gasteiger charge is -2.40. The fourth-order valence-electron chi connectivity index (χ4n) is 2.98. The van der Waals surface area contributed by atoms with E-state index in [0.29, 0.717) is 0 Å². The number of nitrogens with one attached hydrogen (secondary N) is 1. The van der Waals surface area contributed by atoms with Crippen molar-refractivity contribution >= 4 is 11.6 Å². The fraction of sp³-hybridized carbons (Fsp3) is 0.588. The first-order chi connectivity index (χ1) is 9.41. The highest BCUT2D eigenvalue weighted by Gasteiger charge is 2.34. The van der Waals surface area contributed by atoms with Gasteiger partial charge in [-0.15, -0.1) is 0 Å². The summed E-state index contributed by atoms with van der Waals surface area (Å²) in [4.78, 5) is 12.6. The van der Waals surface area contributed by atoms with E-state index in [1.165, 1.54) is 0 Å². The van der Waals surface area contributed by atoms with Gasteiger partial charge in [-0.25, -0.2) is 0 Å².